The number of hydrogen-bond acceptors (Lipinski definition) is 6. The lowest BCUT2D eigenvalue weighted by molar-refractivity contribution is 0.0975. The molecule has 1 aliphatic rings. The third-order valence-electron chi connectivity index (χ3n) is 5.46. The highest BCUT2D eigenvalue weighted by Crippen LogP contribution is 2.45. The number of benzene rings is 2. The molecule has 0 saturated carbocycles. The van der Waals surface area contributed by atoms with E-state index >= 15 is 0 Å². The molecule has 3 rings (SSSR count). The Morgan fingerprint density at radius 3 is 1.33 bits per heavy atom. The van der Waals surface area contributed by atoms with E-state index in [-0.39, 0.29) is 45.6 Å². The number of carbonyl (C=O) groups is 2. The van der Waals surface area contributed by atoms with E-state index in [0.29, 0.717) is 35.3 Å². The number of phenolic OH excluding ortho intramolecular Hbond substituents is 2. The summed E-state index contributed by atoms with van der Waals surface area (Å²) < 4.78 is 0. The zero-order valence-electron chi connectivity index (χ0n) is 18.4. The molecule has 0 heterocycles. The molecule has 2 aromatic carbocycles. The van der Waals surface area contributed by atoms with Crippen molar-refractivity contribution in [1.29, 1.82) is 0 Å². The van der Waals surface area contributed by atoms with Gasteiger partial charge in [-0.1, -0.05) is 27.7 Å². The minimum atomic E-state index is -0.529. The van der Waals surface area contributed by atoms with Gasteiger partial charge in [0.2, 0.25) is 5.78 Å². The molecule has 4 N–H and O–H groups in total. The van der Waals surface area contributed by atoms with Crippen molar-refractivity contribution in [2.24, 2.45) is 11.8 Å². The molecule has 6 nitrogen and oxygen atoms in total. The van der Waals surface area contributed by atoms with Crippen molar-refractivity contribution in [3.8, 4) is 11.5 Å². The molecule has 160 valence electrons. The van der Waals surface area contributed by atoms with Crippen LogP contribution in [0.1, 0.15) is 70.7 Å². The SMILES string of the molecule is CNc1cc(CC(C)C)c(O)c2c1C(=O)c1c(NC)cc(CC(C)C)c(O)c1C2=O. The van der Waals surface area contributed by atoms with Crippen molar-refractivity contribution in [2.75, 3.05) is 24.7 Å². The van der Waals surface area contributed by atoms with Gasteiger partial charge in [0.15, 0.2) is 5.78 Å². The van der Waals surface area contributed by atoms with Crippen LogP contribution in [0.4, 0.5) is 11.4 Å². The van der Waals surface area contributed by atoms with Crippen LogP contribution in [0.15, 0.2) is 12.1 Å². The third-order valence-corrected chi connectivity index (χ3v) is 5.46. The second kappa shape index (κ2) is 8.01. The van der Waals surface area contributed by atoms with Gasteiger partial charge < -0.3 is 20.8 Å². The molecule has 0 radical (unpaired) electrons. The second-order valence-corrected chi connectivity index (χ2v) is 8.72. The molecule has 0 spiro atoms. The van der Waals surface area contributed by atoms with Crippen LogP contribution in [0.3, 0.4) is 0 Å². The van der Waals surface area contributed by atoms with Crippen LogP contribution in [-0.4, -0.2) is 35.9 Å². The summed E-state index contributed by atoms with van der Waals surface area (Å²) in [5.74, 6) is -0.780. The molecule has 0 aromatic heterocycles. The van der Waals surface area contributed by atoms with E-state index in [2.05, 4.69) is 10.6 Å². The van der Waals surface area contributed by atoms with Gasteiger partial charge in [0.1, 0.15) is 11.5 Å². The minimum absolute atomic E-state index is 0.0333. The smallest absolute Gasteiger partial charge is 0.202 e. The largest absolute Gasteiger partial charge is 0.507 e. The summed E-state index contributed by atoms with van der Waals surface area (Å²) in [6.45, 7) is 8.07. The number of ketones is 2. The molecular weight excluding hydrogens is 380 g/mol. The van der Waals surface area contributed by atoms with Crippen LogP contribution in [-0.2, 0) is 12.8 Å². The van der Waals surface area contributed by atoms with Gasteiger partial charge in [0.25, 0.3) is 0 Å². The van der Waals surface area contributed by atoms with Crippen molar-refractivity contribution >= 4 is 22.9 Å². The summed E-state index contributed by atoms with van der Waals surface area (Å²) in [6.07, 6.45) is 1.12. The number of carbonyl (C=O) groups excluding carboxylic acids is 2. The number of anilines is 2. The quantitative estimate of drug-likeness (QED) is 0.451. The van der Waals surface area contributed by atoms with Gasteiger partial charge in [0, 0.05) is 25.5 Å². The topological polar surface area (TPSA) is 98.7 Å². The molecule has 1 aliphatic carbocycles. The van der Waals surface area contributed by atoms with Gasteiger partial charge in [-0.2, -0.15) is 0 Å². The van der Waals surface area contributed by atoms with Gasteiger partial charge in [-0.05, 0) is 47.9 Å². The molecule has 0 bridgehead atoms. The first-order chi connectivity index (χ1) is 14.1. The van der Waals surface area contributed by atoms with Gasteiger partial charge in [-0.25, -0.2) is 0 Å². The number of fused-ring (bicyclic) bond motifs is 2. The molecule has 6 heteroatoms. The second-order valence-electron chi connectivity index (χ2n) is 8.72. The summed E-state index contributed by atoms with van der Waals surface area (Å²) in [7, 11) is 3.36. The summed E-state index contributed by atoms with van der Waals surface area (Å²) in [5.41, 5.74) is 2.42. The van der Waals surface area contributed by atoms with Crippen LogP contribution in [0.25, 0.3) is 0 Å². The lowest BCUT2D eigenvalue weighted by Gasteiger charge is -2.26. The Labute approximate surface area is 177 Å². The van der Waals surface area contributed by atoms with Gasteiger partial charge in [-0.15, -0.1) is 0 Å². The Kier molecular flexibility index (Phi) is 5.79. The van der Waals surface area contributed by atoms with Crippen molar-refractivity contribution in [2.45, 2.75) is 40.5 Å². The van der Waals surface area contributed by atoms with Gasteiger partial charge in [0.05, 0.1) is 22.3 Å². The fraction of sp³-hybridized carbons (Fsp3) is 0.417. The summed E-state index contributed by atoms with van der Waals surface area (Å²) in [6, 6.07) is 3.47. The maximum absolute atomic E-state index is 13.6. The van der Waals surface area contributed by atoms with E-state index in [0.717, 1.165) is 0 Å². The standard InChI is InChI=1S/C24H30N2O4/c1-11(2)7-13-9-15(25-5)17-19(21(13)27)24(30)20-18(23(17)29)16(26-6)10-14(22(20)28)8-12(3)4/h9-12,25-28H,7-8H2,1-6H3. The van der Waals surface area contributed by atoms with E-state index in [9.17, 15) is 19.8 Å². The molecular formula is C24H30N2O4. The molecule has 0 unspecified atom stereocenters. The van der Waals surface area contributed by atoms with Crippen LogP contribution >= 0.6 is 0 Å². The number of phenols is 2. The summed E-state index contributed by atoms with van der Waals surface area (Å²) in [5, 5.41) is 27.9. The Bertz CT molecular complexity index is 959. The molecule has 2 aromatic rings. The predicted molar refractivity (Wildman–Crippen MR) is 119 cm³/mol. The van der Waals surface area contributed by atoms with Crippen molar-refractivity contribution < 1.29 is 19.8 Å². The summed E-state index contributed by atoms with van der Waals surface area (Å²) in [4.78, 5) is 27.1. The molecule has 0 saturated heterocycles. The first-order valence-corrected chi connectivity index (χ1v) is 10.3. The fourth-order valence-corrected chi connectivity index (χ4v) is 4.21. The normalized spacial score (nSPS) is 12.9. The van der Waals surface area contributed by atoms with Gasteiger partial charge >= 0.3 is 0 Å². The van der Waals surface area contributed by atoms with Crippen LogP contribution in [0, 0.1) is 11.8 Å². The van der Waals surface area contributed by atoms with Gasteiger partial charge in [-0.3, -0.25) is 9.59 Å². The maximum Gasteiger partial charge on any atom is 0.202 e. The van der Waals surface area contributed by atoms with Crippen molar-refractivity contribution in [3.05, 3.63) is 45.5 Å². The van der Waals surface area contributed by atoms with Crippen LogP contribution in [0.2, 0.25) is 0 Å². The van der Waals surface area contributed by atoms with Crippen molar-refractivity contribution in [1.82, 2.24) is 0 Å². The Morgan fingerprint density at radius 2 is 1.03 bits per heavy atom. The minimum Gasteiger partial charge on any atom is -0.507 e. The van der Waals surface area contributed by atoms with E-state index in [1.54, 1.807) is 26.2 Å². The molecule has 30 heavy (non-hydrogen) atoms. The Hall–Kier alpha value is -3.02. The average Bonchev–Trinajstić information content (AvgIpc) is 2.67. The lowest BCUT2D eigenvalue weighted by atomic mass is 9.78. The monoisotopic (exact) mass is 410 g/mol. The molecule has 0 atom stereocenters. The number of aromatic hydroxyl groups is 2. The molecule has 0 fully saturated rings. The Balaban J connectivity index is 2.36. The molecule has 0 aliphatic heterocycles. The average molecular weight is 411 g/mol. The zero-order chi connectivity index (χ0) is 22.3. The maximum atomic E-state index is 13.6. The van der Waals surface area contributed by atoms with E-state index < -0.39 is 11.6 Å². The lowest BCUT2D eigenvalue weighted by Crippen LogP contribution is -2.25. The van der Waals surface area contributed by atoms with E-state index in [1.807, 2.05) is 27.7 Å². The number of rotatable bonds is 6. The highest BCUT2D eigenvalue weighted by atomic mass is 16.3. The highest BCUT2D eigenvalue weighted by Gasteiger charge is 2.39. The first kappa shape index (κ1) is 21.7. The van der Waals surface area contributed by atoms with E-state index in [1.165, 1.54) is 0 Å². The fourth-order valence-electron chi connectivity index (χ4n) is 4.21. The van der Waals surface area contributed by atoms with Crippen molar-refractivity contribution in [3.63, 3.8) is 0 Å². The predicted octanol–water partition coefficient (Wildman–Crippen LogP) is 4.35. The first-order valence-electron chi connectivity index (χ1n) is 10.3. The third kappa shape index (κ3) is 3.40. The Morgan fingerprint density at radius 1 is 0.700 bits per heavy atom. The summed E-state index contributed by atoms with van der Waals surface area (Å²) >= 11 is 0. The van der Waals surface area contributed by atoms with Crippen LogP contribution < -0.4 is 10.6 Å². The molecule has 0 amide bonds. The zero-order valence-corrected chi connectivity index (χ0v) is 18.4. The van der Waals surface area contributed by atoms with Crippen LogP contribution in [0.5, 0.6) is 11.5 Å². The number of nitrogens with one attached hydrogen (secondary N) is 2. The highest BCUT2D eigenvalue weighted by molar-refractivity contribution is 6.33. The number of hydrogen-bond donors (Lipinski definition) is 4. The van der Waals surface area contributed by atoms with E-state index in [4.69, 9.17) is 0 Å².